The van der Waals surface area contributed by atoms with E-state index in [4.69, 9.17) is 10.00 Å². The standard InChI is InChI=1S/C9H7BrN2O2/c1-14-9-5-6(4-8(10)12-9)7(13)2-3-11/h4-5H,2H2,1H3. The number of hydrogen-bond donors (Lipinski definition) is 0. The summed E-state index contributed by atoms with van der Waals surface area (Å²) >= 11 is 3.15. The average Bonchev–Trinajstić information content (AvgIpc) is 2.17. The number of methoxy groups -OCH3 is 1. The SMILES string of the molecule is COc1cc(C(=O)CC#N)cc(Br)n1. The summed E-state index contributed by atoms with van der Waals surface area (Å²) in [6.07, 6.45) is -0.139. The predicted octanol–water partition coefficient (Wildman–Crippen LogP) is 1.95. The molecule has 0 saturated heterocycles. The minimum Gasteiger partial charge on any atom is -0.481 e. The summed E-state index contributed by atoms with van der Waals surface area (Å²) in [5.74, 6) is 0.106. The Morgan fingerprint density at radius 2 is 2.43 bits per heavy atom. The van der Waals surface area contributed by atoms with Gasteiger partial charge in [0.2, 0.25) is 5.88 Å². The molecule has 0 aliphatic heterocycles. The quantitative estimate of drug-likeness (QED) is 0.611. The first-order valence-electron chi connectivity index (χ1n) is 3.79. The molecule has 1 aromatic heterocycles. The smallest absolute Gasteiger partial charge is 0.214 e. The van der Waals surface area contributed by atoms with Crippen molar-refractivity contribution in [1.82, 2.24) is 4.98 Å². The summed E-state index contributed by atoms with van der Waals surface area (Å²) in [4.78, 5) is 15.3. The van der Waals surface area contributed by atoms with Crippen LogP contribution in [0, 0.1) is 11.3 Å². The minimum absolute atomic E-state index is 0.139. The maximum atomic E-state index is 11.3. The number of nitriles is 1. The van der Waals surface area contributed by atoms with E-state index in [0.717, 1.165) is 0 Å². The Morgan fingerprint density at radius 1 is 1.71 bits per heavy atom. The molecular formula is C9H7BrN2O2. The molecule has 0 radical (unpaired) electrons. The van der Waals surface area contributed by atoms with E-state index < -0.39 is 0 Å². The highest BCUT2D eigenvalue weighted by Crippen LogP contribution is 2.17. The molecule has 0 unspecified atom stereocenters. The van der Waals surface area contributed by atoms with Crippen molar-refractivity contribution in [2.45, 2.75) is 6.42 Å². The van der Waals surface area contributed by atoms with Crippen LogP contribution >= 0.6 is 15.9 Å². The number of rotatable bonds is 3. The van der Waals surface area contributed by atoms with E-state index in [-0.39, 0.29) is 12.2 Å². The van der Waals surface area contributed by atoms with Gasteiger partial charge in [-0.2, -0.15) is 5.26 Å². The van der Waals surface area contributed by atoms with Gasteiger partial charge in [-0.05, 0) is 22.0 Å². The van der Waals surface area contributed by atoms with Gasteiger partial charge >= 0.3 is 0 Å². The fourth-order valence-electron chi connectivity index (χ4n) is 0.912. The number of hydrogen-bond acceptors (Lipinski definition) is 4. The summed E-state index contributed by atoms with van der Waals surface area (Å²) < 4.78 is 5.40. The normalized spacial score (nSPS) is 9.21. The molecule has 0 atom stereocenters. The zero-order valence-electron chi connectivity index (χ0n) is 7.45. The van der Waals surface area contributed by atoms with E-state index in [1.54, 1.807) is 12.1 Å². The van der Waals surface area contributed by atoms with E-state index in [1.807, 2.05) is 0 Å². The molecule has 72 valence electrons. The van der Waals surface area contributed by atoms with Crippen LogP contribution in [-0.4, -0.2) is 17.9 Å². The highest BCUT2D eigenvalue weighted by Gasteiger charge is 2.08. The van der Waals surface area contributed by atoms with Gasteiger partial charge < -0.3 is 4.74 Å². The van der Waals surface area contributed by atoms with Gasteiger partial charge in [-0.1, -0.05) is 0 Å². The first kappa shape index (κ1) is 10.7. The average molecular weight is 255 g/mol. The maximum absolute atomic E-state index is 11.3. The number of aromatic nitrogens is 1. The molecule has 14 heavy (non-hydrogen) atoms. The second-order valence-electron chi connectivity index (χ2n) is 2.48. The fourth-order valence-corrected chi connectivity index (χ4v) is 1.33. The largest absolute Gasteiger partial charge is 0.481 e. The summed E-state index contributed by atoms with van der Waals surface area (Å²) in [6, 6.07) is 4.86. The Hall–Kier alpha value is -1.41. The van der Waals surface area contributed by atoms with Gasteiger partial charge in [-0.25, -0.2) is 4.98 Å². The highest BCUT2D eigenvalue weighted by molar-refractivity contribution is 9.10. The van der Waals surface area contributed by atoms with Crippen molar-refractivity contribution in [3.63, 3.8) is 0 Å². The Kier molecular flexibility index (Phi) is 3.60. The lowest BCUT2D eigenvalue weighted by Crippen LogP contribution is -1.99. The third-order valence-electron chi connectivity index (χ3n) is 1.54. The number of nitrogens with zero attached hydrogens (tertiary/aromatic N) is 2. The van der Waals surface area contributed by atoms with Crippen LogP contribution < -0.4 is 4.74 Å². The van der Waals surface area contributed by atoms with Crippen LogP contribution in [0.15, 0.2) is 16.7 Å². The minimum atomic E-state index is -0.242. The lowest BCUT2D eigenvalue weighted by Gasteiger charge is -2.02. The van der Waals surface area contributed by atoms with Gasteiger partial charge in [-0.15, -0.1) is 0 Å². The molecule has 0 amide bonds. The number of pyridine rings is 1. The third-order valence-corrected chi connectivity index (χ3v) is 1.95. The molecule has 0 spiro atoms. The van der Waals surface area contributed by atoms with Crippen LogP contribution in [0.25, 0.3) is 0 Å². The topological polar surface area (TPSA) is 63.0 Å². The van der Waals surface area contributed by atoms with Gasteiger partial charge in [-0.3, -0.25) is 4.79 Å². The van der Waals surface area contributed by atoms with Crippen molar-refractivity contribution in [1.29, 1.82) is 5.26 Å². The Balaban J connectivity index is 3.04. The molecule has 1 rings (SSSR count). The number of carbonyl (C=O) groups is 1. The Labute approximate surface area is 89.6 Å². The Bertz CT molecular complexity index is 398. The van der Waals surface area contributed by atoms with E-state index in [2.05, 4.69) is 20.9 Å². The summed E-state index contributed by atoms with van der Waals surface area (Å²) in [6.45, 7) is 0. The molecule has 0 aromatic carbocycles. The molecule has 4 nitrogen and oxygen atoms in total. The zero-order valence-corrected chi connectivity index (χ0v) is 9.04. The number of ketones is 1. The number of Topliss-reactive ketones (excluding diaryl/α,β-unsaturated/α-hetero) is 1. The van der Waals surface area contributed by atoms with Crippen LogP contribution in [0.1, 0.15) is 16.8 Å². The van der Waals surface area contributed by atoms with Crippen molar-refractivity contribution in [3.8, 4) is 11.9 Å². The van der Waals surface area contributed by atoms with Crippen molar-refractivity contribution < 1.29 is 9.53 Å². The second kappa shape index (κ2) is 4.72. The first-order valence-corrected chi connectivity index (χ1v) is 4.58. The van der Waals surface area contributed by atoms with Crippen LogP contribution in [0.5, 0.6) is 5.88 Å². The molecule has 0 fully saturated rings. The molecule has 1 heterocycles. The zero-order chi connectivity index (χ0) is 10.6. The fraction of sp³-hybridized carbons (Fsp3) is 0.222. The van der Waals surface area contributed by atoms with Gasteiger partial charge in [0, 0.05) is 11.6 Å². The second-order valence-corrected chi connectivity index (χ2v) is 3.29. The molecule has 0 aliphatic rings. The maximum Gasteiger partial charge on any atom is 0.214 e. The molecule has 5 heteroatoms. The number of ether oxygens (including phenoxy) is 1. The van der Waals surface area contributed by atoms with Gasteiger partial charge in [0.05, 0.1) is 19.6 Å². The Morgan fingerprint density at radius 3 is 3.00 bits per heavy atom. The van der Waals surface area contributed by atoms with Crippen LogP contribution in [0.3, 0.4) is 0 Å². The molecule has 0 N–H and O–H groups in total. The summed E-state index contributed by atoms with van der Waals surface area (Å²) in [5.41, 5.74) is 0.422. The first-order chi connectivity index (χ1) is 6.67. The molecular weight excluding hydrogens is 248 g/mol. The van der Waals surface area contributed by atoms with E-state index in [9.17, 15) is 4.79 Å². The van der Waals surface area contributed by atoms with Crippen LogP contribution in [0.4, 0.5) is 0 Å². The highest BCUT2D eigenvalue weighted by atomic mass is 79.9. The van der Waals surface area contributed by atoms with Gasteiger partial charge in [0.25, 0.3) is 0 Å². The molecule has 0 bridgehead atoms. The van der Waals surface area contributed by atoms with Crippen molar-refractivity contribution in [3.05, 3.63) is 22.3 Å². The van der Waals surface area contributed by atoms with Gasteiger partial charge in [0.1, 0.15) is 4.60 Å². The molecule has 0 aliphatic carbocycles. The predicted molar refractivity (Wildman–Crippen MR) is 53.0 cm³/mol. The number of halogens is 1. The van der Waals surface area contributed by atoms with E-state index in [0.29, 0.717) is 16.0 Å². The van der Waals surface area contributed by atoms with Crippen LogP contribution in [-0.2, 0) is 0 Å². The van der Waals surface area contributed by atoms with Crippen molar-refractivity contribution in [2.24, 2.45) is 0 Å². The van der Waals surface area contributed by atoms with Gasteiger partial charge in [0.15, 0.2) is 5.78 Å². The third kappa shape index (κ3) is 2.54. The van der Waals surface area contributed by atoms with Crippen molar-refractivity contribution >= 4 is 21.7 Å². The molecule has 1 aromatic rings. The monoisotopic (exact) mass is 254 g/mol. The van der Waals surface area contributed by atoms with Crippen molar-refractivity contribution in [2.75, 3.05) is 7.11 Å². The lowest BCUT2D eigenvalue weighted by atomic mass is 10.1. The van der Waals surface area contributed by atoms with E-state index in [1.165, 1.54) is 13.2 Å². The molecule has 0 saturated carbocycles. The lowest BCUT2D eigenvalue weighted by molar-refractivity contribution is 0.0997. The summed E-state index contributed by atoms with van der Waals surface area (Å²) in [5, 5.41) is 8.36. The van der Waals surface area contributed by atoms with Crippen LogP contribution in [0.2, 0.25) is 0 Å². The summed E-state index contributed by atoms with van der Waals surface area (Å²) in [7, 11) is 1.47. The number of carbonyl (C=O) groups excluding carboxylic acids is 1. The van der Waals surface area contributed by atoms with E-state index >= 15 is 0 Å².